The number of aromatic nitrogens is 2. The van der Waals surface area contributed by atoms with Gasteiger partial charge in [-0.3, -0.25) is 14.6 Å². The summed E-state index contributed by atoms with van der Waals surface area (Å²) in [6.45, 7) is 13.2. The van der Waals surface area contributed by atoms with Crippen LogP contribution < -0.4 is 5.32 Å². The van der Waals surface area contributed by atoms with Crippen molar-refractivity contribution in [3.05, 3.63) is 11.7 Å². The molecule has 0 aromatic carbocycles. The minimum Gasteiger partial charge on any atom is -0.353 e. The van der Waals surface area contributed by atoms with Crippen molar-refractivity contribution in [3.63, 3.8) is 0 Å². The zero-order valence-electron chi connectivity index (χ0n) is 15.4. The van der Waals surface area contributed by atoms with Gasteiger partial charge in [0, 0.05) is 38.6 Å². The lowest BCUT2D eigenvalue weighted by Crippen LogP contribution is -2.49. The van der Waals surface area contributed by atoms with Crippen LogP contribution in [0.1, 0.15) is 45.8 Å². The first kappa shape index (κ1) is 18.9. The van der Waals surface area contributed by atoms with E-state index in [1.54, 1.807) is 0 Å². The molecule has 0 spiro atoms. The molecule has 1 amide bonds. The van der Waals surface area contributed by atoms with Crippen molar-refractivity contribution in [2.45, 2.75) is 53.1 Å². The van der Waals surface area contributed by atoms with Crippen LogP contribution in [0.2, 0.25) is 0 Å². The predicted octanol–water partition coefficient (Wildman–Crippen LogP) is 1.30. The van der Waals surface area contributed by atoms with Crippen LogP contribution in [0.4, 0.5) is 0 Å². The fourth-order valence-electron chi connectivity index (χ4n) is 2.72. The van der Waals surface area contributed by atoms with E-state index in [1.807, 2.05) is 6.92 Å². The van der Waals surface area contributed by atoms with Gasteiger partial charge in [0.2, 0.25) is 11.8 Å². The average Bonchev–Trinajstić information content (AvgIpc) is 2.95. The van der Waals surface area contributed by atoms with Crippen LogP contribution in [-0.4, -0.2) is 64.6 Å². The number of piperazine rings is 1. The molecule has 1 saturated heterocycles. The standard InChI is InChI=1S/C17H31N5O2/c1-5-14(4)18-16(23)11-21-6-8-22(9-7-21)12-17-19-15(20-24-17)10-13(2)3/h13-14H,5-12H2,1-4H3,(H,18,23). The maximum Gasteiger partial charge on any atom is 0.240 e. The molecule has 1 atom stereocenters. The van der Waals surface area contributed by atoms with Gasteiger partial charge in [-0.05, 0) is 19.3 Å². The Kier molecular flexibility index (Phi) is 7.17. The molecule has 24 heavy (non-hydrogen) atoms. The summed E-state index contributed by atoms with van der Waals surface area (Å²) >= 11 is 0. The van der Waals surface area contributed by atoms with Gasteiger partial charge in [0.05, 0.1) is 13.1 Å². The van der Waals surface area contributed by atoms with E-state index in [4.69, 9.17) is 4.52 Å². The number of carbonyl (C=O) groups is 1. The summed E-state index contributed by atoms with van der Waals surface area (Å²) in [4.78, 5) is 20.9. The molecule has 2 heterocycles. The van der Waals surface area contributed by atoms with Crippen LogP contribution in [0.15, 0.2) is 4.52 Å². The highest BCUT2D eigenvalue weighted by Crippen LogP contribution is 2.09. The third-order valence-electron chi connectivity index (χ3n) is 4.31. The average molecular weight is 337 g/mol. The first-order chi connectivity index (χ1) is 11.5. The topological polar surface area (TPSA) is 74.5 Å². The van der Waals surface area contributed by atoms with E-state index in [-0.39, 0.29) is 11.9 Å². The van der Waals surface area contributed by atoms with Crippen molar-refractivity contribution in [2.75, 3.05) is 32.7 Å². The number of hydrogen-bond donors (Lipinski definition) is 1. The van der Waals surface area contributed by atoms with E-state index in [9.17, 15) is 4.79 Å². The first-order valence-corrected chi connectivity index (χ1v) is 9.01. The zero-order valence-corrected chi connectivity index (χ0v) is 15.4. The monoisotopic (exact) mass is 337 g/mol. The third kappa shape index (κ3) is 6.20. The van der Waals surface area contributed by atoms with Gasteiger partial charge in [0.25, 0.3) is 0 Å². The van der Waals surface area contributed by atoms with Crippen molar-refractivity contribution >= 4 is 5.91 Å². The molecule has 0 aliphatic carbocycles. The van der Waals surface area contributed by atoms with Gasteiger partial charge >= 0.3 is 0 Å². The van der Waals surface area contributed by atoms with E-state index in [0.29, 0.717) is 24.9 Å². The Balaban J connectivity index is 1.71. The molecule has 1 unspecified atom stereocenters. The fourth-order valence-corrected chi connectivity index (χ4v) is 2.72. The summed E-state index contributed by atoms with van der Waals surface area (Å²) in [6, 6.07) is 0.247. The van der Waals surface area contributed by atoms with Crippen molar-refractivity contribution in [3.8, 4) is 0 Å². The summed E-state index contributed by atoms with van der Waals surface area (Å²) in [5.41, 5.74) is 0. The van der Waals surface area contributed by atoms with Crippen LogP contribution in [0.5, 0.6) is 0 Å². The van der Waals surface area contributed by atoms with Crippen LogP contribution in [0.25, 0.3) is 0 Å². The second kappa shape index (κ2) is 9.13. The van der Waals surface area contributed by atoms with E-state index in [1.165, 1.54) is 0 Å². The van der Waals surface area contributed by atoms with E-state index in [2.05, 4.69) is 46.0 Å². The smallest absolute Gasteiger partial charge is 0.240 e. The first-order valence-electron chi connectivity index (χ1n) is 9.01. The van der Waals surface area contributed by atoms with Crippen molar-refractivity contribution in [2.24, 2.45) is 5.92 Å². The van der Waals surface area contributed by atoms with Crippen LogP contribution >= 0.6 is 0 Å². The molecule has 2 rings (SSSR count). The normalized spacial score (nSPS) is 18.0. The maximum atomic E-state index is 11.9. The minimum absolute atomic E-state index is 0.119. The summed E-state index contributed by atoms with van der Waals surface area (Å²) in [5, 5.41) is 7.05. The summed E-state index contributed by atoms with van der Waals surface area (Å²) in [7, 11) is 0. The molecule has 1 N–H and O–H groups in total. The zero-order chi connectivity index (χ0) is 17.5. The molecule has 1 aromatic rings. The van der Waals surface area contributed by atoms with Crippen LogP contribution in [-0.2, 0) is 17.8 Å². The quantitative estimate of drug-likeness (QED) is 0.771. The Morgan fingerprint density at radius 2 is 1.88 bits per heavy atom. The van der Waals surface area contributed by atoms with Crippen molar-refractivity contribution in [1.82, 2.24) is 25.3 Å². The molecule has 1 aromatic heterocycles. The number of hydrogen-bond acceptors (Lipinski definition) is 6. The van der Waals surface area contributed by atoms with Gasteiger partial charge in [-0.1, -0.05) is 25.9 Å². The molecular formula is C17H31N5O2. The molecule has 0 radical (unpaired) electrons. The Morgan fingerprint density at radius 3 is 2.50 bits per heavy atom. The van der Waals surface area contributed by atoms with Crippen LogP contribution in [0, 0.1) is 5.92 Å². The van der Waals surface area contributed by atoms with Crippen molar-refractivity contribution in [1.29, 1.82) is 0 Å². The molecule has 1 fully saturated rings. The Morgan fingerprint density at radius 1 is 1.21 bits per heavy atom. The second-order valence-corrected chi connectivity index (χ2v) is 7.13. The third-order valence-corrected chi connectivity index (χ3v) is 4.31. The van der Waals surface area contributed by atoms with Gasteiger partial charge in [-0.25, -0.2) is 0 Å². The van der Waals surface area contributed by atoms with Gasteiger partial charge in [-0.2, -0.15) is 4.98 Å². The molecule has 7 nitrogen and oxygen atoms in total. The summed E-state index contributed by atoms with van der Waals surface area (Å²) < 4.78 is 5.34. The summed E-state index contributed by atoms with van der Waals surface area (Å²) in [5.74, 6) is 2.13. The highest BCUT2D eigenvalue weighted by molar-refractivity contribution is 5.78. The molecule has 0 saturated carbocycles. The lowest BCUT2D eigenvalue weighted by molar-refractivity contribution is -0.123. The number of carbonyl (C=O) groups excluding carboxylic acids is 1. The van der Waals surface area contributed by atoms with E-state index < -0.39 is 0 Å². The highest BCUT2D eigenvalue weighted by atomic mass is 16.5. The maximum absolute atomic E-state index is 11.9. The van der Waals surface area contributed by atoms with Gasteiger partial charge in [0.15, 0.2) is 5.82 Å². The predicted molar refractivity (Wildman–Crippen MR) is 92.5 cm³/mol. The SMILES string of the molecule is CCC(C)NC(=O)CN1CCN(Cc2nc(CC(C)C)no2)CC1. The Bertz CT molecular complexity index is 509. The number of nitrogens with one attached hydrogen (secondary N) is 1. The molecule has 136 valence electrons. The Hall–Kier alpha value is -1.47. The number of nitrogens with zero attached hydrogens (tertiary/aromatic N) is 4. The van der Waals surface area contributed by atoms with Crippen molar-refractivity contribution < 1.29 is 9.32 Å². The lowest BCUT2D eigenvalue weighted by Gasteiger charge is -2.33. The second-order valence-electron chi connectivity index (χ2n) is 7.13. The highest BCUT2D eigenvalue weighted by Gasteiger charge is 2.21. The molecule has 0 bridgehead atoms. The fraction of sp³-hybridized carbons (Fsp3) is 0.824. The largest absolute Gasteiger partial charge is 0.353 e. The van der Waals surface area contributed by atoms with Gasteiger partial charge in [-0.15, -0.1) is 0 Å². The molecular weight excluding hydrogens is 306 g/mol. The van der Waals surface area contributed by atoms with Gasteiger partial charge < -0.3 is 9.84 Å². The number of amides is 1. The number of rotatable bonds is 8. The summed E-state index contributed by atoms with van der Waals surface area (Å²) in [6.07, 6.45) is 1.81. The molecule has 1 aliphatic heterocycles. The Labute approximate surface area is 144 Å². The van der Waals surface area contributed by atoms with E-state index >= 15 is 0 Å². The molecule has 1 aliphatic rings. The minimum atomic E-state index is 0.119. The van der Waals surface area contributed by atoms with E-state index in [0.717, 1.165) is 44.8 Å². The van der Waals surface area contributed by atoms with Gasteiger partial charge in [0.1, 0.15) is 0 Å². The lowest BCUT2D eigenvalue weighted by atomic mass is 10.1. The van der Waals surface area contributed by atoms with Crippen LogP contribution in [0.3, 0.4) is 0 Å². The molecule has 7 heteroatoms.